The predicted octanol–water partition coefficient (Wildman–Crippen LogP) is 4.53. The lowest BCUT2D eigenvalue weighted by molar-refractivity contribution is -0.129. The molecule has 0 radical (unpaired) electrons. The Morgan fingerprint density at radius 2 is 1.77 bits per heavy atom. The Balaban J connectivity index is 1.49. The SMILES string of the molecule is CCC(CC)C(C(=O)NC1CCCC1)N1CCN(c2cc(C)nc3ccccc23)CC1. The molecule has 1 saturated heterocycles. The normalized spacial score (nSPS) is 19.3. The summed E-state index contributed by atoms with van der Waals surface area (Å²) in [7, 11) is 0. The minimum atomic E-state index is -0.00586. The molecule has 1 aromatic heterocycles. The highest BCUT2D eigenvalue weighted by Crippen LogP contribution is 2.29. The van der Waals surface area contributed by atoms with Crippen molar-refractivity contribution in [2.24, 2.45) is 5.92 Å². The Morgan fingerprint density at radius 1 is 1.10 bits per heavy atom. The van der Waals surface area contributed by atoms with E-state index in [0.29, 0.717) is 12.0 Å². The fourth-order valence-corrected chi connectivity index (χ4v) is 5.56. The van der Waals surface area contributed by atoms with Crippen LogP contribution < -0.4 is 10.2 Å². The molecule has 1 aliphatic heterocycles. The summed E-state index contributed by atoms with van der Waals surface area (Å²) in [5, 5.41) is 4.62. The van der Waals surface area contributed by atoms with E-state index in [1.165, 1.54) is 23.9 Å². The number of carbonyl (C=O) groups is 1. The van der Waals surface area contributed by atoms with Crippen molar-refractivity contribution in [3.05, 3.63) is 36.0 Å². The molecule has 0 bridgehead atoms. The topological polar surface area (TPSA) is 48.5 Å². The quantitative estimate of drug-likeness (QED) is 0.712. The number of carbonyl (C=O) groups excluding carboxylic acids is 1. The Kier molecular flexibility index (Phi) is 7.11. The molecule has 1 N–H and O–H groups in total. The largest absolute Gasteiger partial charge is 0.368 e. The number of aromatic nitrogens is 1. The third-order valence-corrected chi connectivity index (χ3v) is 7.34. The van der Waals surface area contributed by atoms with E-state index < -0.39 is 0 Å². The fourth-order valence-electron chi connectivity index (χ4n) is 5.56. The molecule has 1 atom stereocenters. The molecule has 1 aliphatic carbocycles. The number of pyridine rings is 1. The Labute approximate surface area is 187 Å². The van der Waals surface area contributed by atoms with Crippen molar-refractivity contribution in [2.75, 3.05) is 31.1 Å². The van der Waals surface area contributed by atoms with Crippen LogP contribution in [0.3, 0.4) is 0 Å². The molecule has 5 heteroatoms. The zero-order valence-corrected chi connectivity index (χ0v) is 19.4. The highest BCUT2D eigenvalue weighted by Gasteiger charge is 2.35. The Morgan fingerprint density at radius 3 is 2.45 bits per heavy atom. The van der Waals surface area contributed by atoms with E-state index in [9.17, 15) is 4.79 Å². The van der Waals surface area contributed by atoms with E-state index in [-0.39, 0.29) is 11.9 Å². The van der Waals surface area contributed by atoms with E-state index in [1.54, 1.807) is 0 Å². The van der Waals surface area contributed by atoms with Gasteiger partial charge in [-0.25, -0.2) is 0 Å². The number of fused-ring (bicyclic) bond motifs is 1. The van der Waals surface area contributed by atoms with Crippen LogP contribution in [0.1, 0.15) is 58.1 Å². The number of para-hydroxylation sites is 1. The third kappa shape index (κ3) is 4.87. The van der Waals surface area contributed by atoms with E-state index in [0.717, 1.165) is 63.1 Å². The van der Waals surface area contributed by atoms with Crippen LogP contribution in [0.2, 0.25) is 0 Å². The summed E-state index contributed by atoms with van der Waals surface area (Å²) in [6, 6.07) is 11.0. The minimum Gasteiger partial charge on any atom is -0.368 e. The molecular formula is C26H38N4O. The number of piperazine rings is 1. The van der Waals surface area contributed by atoms with Crippen molar-refractivity contribution in [1.29, 1.82) is 0 Å². The van der Waals surface area contributed by atoms with Crippen LogP contribution in [-0.4, -0.2) is 54.1 Å². The zero-order valence-electron chi connectivity index (χ0n) is 19.4. The molecule has 2 heterocycles. The minimum absolute atomic E-state index is 0.00586. The van der Waals surface area contributed by atoms with Crippen molar-refractivity contribution >= 4 is 22.5 Å². The van der Waals surface area contributed by atoms with Crippen LogP contribution in [0, 0.1) is 12.8 Å². The van der Waals surface area contributed by atoms with Crippen molar-refractivity contribution < 1.29 is 4.79 Å². The van der Waals surface area contributed by atoms with Gasteiger partial charge in [-0.2, -0.15) is 0 Å². The first-order valence-corrected chi connectivity index (χ1v) is 12.3. The number of nitrogens with zero attached hydrogens (tertiary/aromatic N) is 3. The van der Waals surface area contributed by atoms with Crippen molar-refractivity contribution in [3.8, 4) is 0 Å². The number of amides is 1. The van der Waals surface area contributed by atoms with Gasteiger partial charge in [0.25, 0.3) is 0 Å². The first-order chi connectivity index (χ1) is 15.1. The number of hydrogen-bond donors (Lipinski definition) is 1. The van der Waals surface area contributed by atoms with Crippen LogP contribution in [0.25, 0.3) is 10.9 Å². The number of anilines is 1. The van der Waals surface area contributed by atoms with Gasteiger partial charge in [0.2, 0.25) is 5.91 Å². The summed E-state index contributed by atoms with van der Waals surface area (Å²) in [6.07, 6.45) is 6.88. The number of hydrogen-bond acceptors (Lipinski definition) is 4. The van der Waals surface area contributed by atoms with Gasteiger partial charge < -0.3 is 10.2 Å². The van der Waals surface area contributed by atoms with Gasteiger partial charge >= 0.3 is 0 Å². The fraction of sp³-hybridized carbons (Fsp3) is 0.615. The molecule has 1 unspecified atom stereocenters. The summed E-state index contributed by atoms with van der Waals surface area (Å²) >= 11 is 0. The Bertz CT molecular complexity index is 880. The van der Waals surface area contributed by atoms with Crippen LogP contribution in [0.4, 0.5) is 5.69 Å². The lowest BCUT2D eigenvalue weighted by atomic mass is 9.91. The van der Waals surface area contributed by atoms with Gasteiger partial charge in [-0.3, -0.25) is 14.7 Å². The van der Waals surface area contributed by atoms with Crippen LogP contribution in [0.15, 0.2) is 30.3 Å². The van der Waals surface area contributed by atoms with E-state index in [1.807, 2.05) is 0 Å². The molecule has 31 heavy (non-hydrogen) atoms. The molecule has 1 saturated carbocycles. The lowest BCUT2D eigenvalue weighted by Gasteiger charge is -2.42. The summed E-state index contributed by atoms with van der Waals surface area (Å²) in [6.45, 7) is 10.3. The maximum absolute atomic E-state index is 13.4. The molecule has 2 fully saturated rings. The van der Waals surface area contributed by atoms with E-state index in [4.69, 9.17) is 4.98 Å². The average molecular weight is 423 g/mol. The predicted molar refractivity (Wildman–Crippen MR) is 129 cm³/mol. The number of benzene rings is 1. The standard InChI is InChI=1S/C26H38N4O/c1-4-20(5-2)25(26(31)28-21-10-6-7-11-21)30-16-14-29(15-17-30)24-18-19(3)27-23-13-9-8-12-22(23)24/h8-9,12-13,18,20-21,25H,4-7,10-11,14-17H2,1-3H3,(H,28,31). The van der Waals surface area contributed by atoms with Crippen LogP contribution >= 0.6 is 0 Å². The number of aryl methyl sites for hydroxylation is 1. The van der Waals surface area contributed by atoms with Gasteiger partial charge in [-0.1, -0.05) is 57.7 Å². The van der Waals surface area contributed by atoms with Crippen LogP contribution in [0.5, 0.6) is 0 Å². The van der Waals surface area contributed by atoms with Gasteiger partial charge in [-0.05, 0) is 37.8 Å². The average Bonchev–Trinajstić information content (AvgIpc) is 3.30. The molecule has 5 nitrogen and oxygen atoms in total. The molecule has 1 amide bonds. The second-order valence-electron chi connectivity index (χ2n) is 9.33. The highest BCUT2D eigenvalue weighted by atomic mass is 16.2. The van der Waals surface area contributed by atoms with Crippen molar-refractivity contribution in [2.45, 2.75) is 71.4 Å². The monoisotopic (exact) mass is 422 g/mol. The van der Waals surface area contributed by atoms with Crippen LogP contribution in [-0.2, 0) is 4.79 Å². The molecular weight excluding hydrogens is 384 g/mol. The molecule has 4 rings (SSSR count). The van der Waals surface area contributed by atoms with Gasteiger partial charge in [0.1, 0.15) is 0 Å². The first-order valence-electron chi connectivity index (χ1n) is 12.3. The molecule has 2 aromatic rings. The Hall–Kier alpha value is -2.14. The van der Waals surface area contributed by atoms with Crippen molar-refractivity contribution in [1.82, 2.24) is 15.2 Å². The van der Waals surface area contributed by atoms with Gasteiger partial charge in [0.15, 0.2) is 0 Å². The van der Waals surface area contributed by atoms with E-state index >= 15 is 0 Å². The first kappa shape index (κ1) is 22.1. The molecule has 1 aromatic carbocycles. The van der Waals surface area contributed by atoms with Crippen molar-refractivity contribution in [3.63, 3.8) is 0 Å². The molecule has 168 valence electrons. The molecule has 0 spiro atoms. The van der Waals surface area contributed by atoms with E-state index in [2.05, 4.69) is 66.2 Å². The second-order valence-corrected chi connectivity index (χ2v) is 9.33. The number of nitrogens with one attached hydrogen (secondary N) is 1. The number of rotatable bonds is 7. The summed E-state index contributed by atoms with van der Waals surface area (Å²) < 4.78 is 0. The van der Waals surface area contributed by atoms with Gasteiger partial charge in [-0.15, -0.1) is 0 Å². The maximum atomic E-state index is 13.4. The summed E-state index contributed by atoms with van der Waals surface area (Å²) in [5.74, 6) is 0.677. The zero-order chi connectivity index (χ0) is 21.8. The summed E-state index contributed by atoms with van der Waals surface area (Å²) in [5.41, 5.74) is 3.39. The third-order valence-electron chi connectivity index (χ3n) is 7.34. The lowest BCUT2D eigenvalue weighted by Crippen LogP contribution is -2.58. The highest BCUT2D eigenvalue weighted by molar-refractivity contribution is 5.92. The maximum Gasteiger partial charge on any atom is 0.237 e. The second kappa shape index (κ2) is 9.99. The smallest absolute Gasteiger partial charge is 0.237 e. The van der Waals surface area contributed by atoms with Gasteiger partial charge in [0.05, 0.1) is 11.6 Å². The van der Waals surface area contributed by atoms with Gasteiger partial charge in [0, 0.05) is 49.0 Å². The summed E-state index contributed by atoms with van der Waals surface area (Å²) in [4.78, 5) is 23.0. The molecule has 2 aliphatic rings.